The first-order valence-electron chi connectivity index (χ1n) is 14.7. The SMILES string of the molecule is CC(OC(=O)CC1CC2CCC1C2)[C@H]1CC[C@H]2[C@@H]3CC[C@H]4N(C)C(=O)CC[C@]4(C)[C@H]3CC[C@]12C. The van der Waals surface area contributed by atoms with Gasteiger partial charge in [0.1, 0.15) is 6.10 Å². The van der Waals surface area contributed by atoms with E-state index in [4.69, 9.17) is 4.74 Å². The van der Waals surface area contributed by atoms with E-state index in [0.717, 1.165) is 42.4 Å². The monoisotopic (exact) mass is 469 g/mol. The second-order valence-corrected chi connectivity index (χ2v) is 14.0. The standard InChI is InChI=1S/C30H47NO3/c1-18(34-28(33)17-21-16-19-5-6-20(21)15-19)23-8-9-24-22-7-10-26-30(3,14-12-27(32)31(26)4)25(22)11-13-29(23,24)2/h18-26H,5-17H2,1-4H3/t18?,19?,20?,21?,22-,23+,24-,25-,26+,29+,30+/m0/s1. The summed E-state index contributed by atoms with van der Waals surface area (Å²) in [4.78, 5) is 27.5. The number of nitrogens with zero attached hydrogens (tertiary/aromatic N) is 1. The molecule has 0 N–H and O–H groups in total. The largest absolute Gasteiger partial charge is 0.462 e. The van der Waals surface area contributed by atoms with E-state index in [1.165, 1.54) is 64.2 Å². The highest BCUT2D eigenvalue weighted by atomic mass is 16.5. The summed E-state index contributed by atoms with van der Waals surface area (Å²) in [5.74, 6) is 5.49. The van der Waals surface area contributed by atoms with Gasteiger partial charge in [0.15, 0.2) is 0 Å². The number of rotatable bonds is 4. The summed E-state index contributed by atoms with van der Waals surface area (Å²) in [6.45, 7) is 7.24. The van der Waals surface area contributed by atoms with Crippen molar-refractivity contribution in [3.63, 3.8) is 0 Å². The molecule has 0 radical (unpaired) electrons. The quantitative estimate of drug-likeness (QED) is 0.459. The molecule has 2 bridgehead atoms. The zero-order valence-corrected chi connectivity index (χ0v) is 22.1. The molecule has 0 aromatic carbocycles. The highest BCUT2D eigenvalue weighted by Gasteiger charge is 2.62. The molecule has 6 fully saturated rings. The Labute approximate surface area is 206 Å². The first-order valence-corrected chi connectivity index (χ1v) is 14.7. The maximum Gasteiger partial charge on any atom is 0.306 e. The summed E-state index contributed by atoms with van der Waals surface area (Å²) in [6.07, 6.45) is 15.4. The van der Waals surface area contributed by atoms with E-state index in [0.29, 0.717) is 35.6 Å². The average Bonchev–Trinajstić information content (AvgIpc) is 3.50. The van der Waals surface area contributed by atoms with Gasteiger partial charge >= 0.3 is 5.97 Å². The van der Waals surface area contributed by atoms with Crippen LogP contribution in [-0.2, 0) is 14.3 Å². The molecular weight excluding hydrogens is 422 g/mol. The van der Waals surface area contributed by atoms with Crippen molar-refractivity contribution in [2.24, 2.45) is 52.3 Å². The summed E-state index contributed by atoms with van der Waals surface area (Å²) in [7, 11) is 2.05. The molecule has 6 rings (SSSR count). The zero-order chi connectivity index (χ0) is 23.8. The van der Waals surface area contributed by atoms with E-state index in [1.807, 2.05) is 0 Å². The van der Waals surface area contributed by atoms with E-state index >= 15 is 0 Å². The second-order valence-electron chi connectivity index (χ2n) is 14.0. The molecule has 4 nitrogen and oxygen atoms in total. The molecule has 1 heterocycles. The Morgan fingerprint density at radius 3 is 2.53 bits per heavy atom. The molecule has 0 spiro atoms. The fourth-order valence-corrected chi connectivity index (χ4v) is 11.1. The predicted octanol–water partition coefficient (Wildman–Crippen LogP) is 6.22. The Hall–Kier alpha value is -1.06. The van der Waals surface area contributed by atoms with Gasteiger partial charge in [-0.3, -0.25) is 9.59 Å². The van der Waals surface area contributed by atoms with Gasteiger partial charge in [0, 0.05) is 31.8 Å². The van der Waals surface area contributed by atoms with Crippen molar-refractivity contribution in [3.8, 4) is 0 Å². The molecule has 4 unspecified atom stereocenters. The maximum atomic E-state index is 12.9. The van der Waals surface area contributed by atoms with E-state index in [2.05, 4.69) is 32.7 Å². The number of likely N-dealkylation sites (tertiary alicyclic amines) is 1. The number of esters is 1. The highest BCUT2D eigenvalue weighted by Crippen LogP contribution is 2.66. The smallest absolute Gasteiger partial charge is 0.306 e. The summed E-state index contributed by atoms with van der Waals surface area (Å²) >= 11 is 0. The van der Waals surface area contributed by atoms with Crippen molar-refractivity contribution in [2.75, 3.05) is 7.05 Å². The minimum atomic E-state index is 0.0444. The fraction of sp³-hybridized carbons (Fsp3) is 0.933. The van der Waals surface area contributed by atoms with Crippen LogP contribution in [0.2, 0.25) is 0 Å². The van der Waals surface area contributed by atoms with Gasteiger partial charge in [0.2, 0.25) is 5.91 Å². The van der Waals surface area contributed by atoms with Crippen molar-refractivity contribution >= 4 is 11.9 Å². The van der Waals surface area contributed by atoms with Gasteiger partial charge in [-0.1, -0.05) is 20.3 Å². The van der Waals surface area contributed by atoms with Crippen molar-refractivity contribution in [1.29, 1.82) is 0 Å². The molecule has 0 aromatic heterocycles. The Morgan fingerprint density at radius 2 is 1.79 bits per heavy atom. The molecule has 4 heteroatoms. The lowest BCUT2D eigenvalue weighted by Gasteiger charge is -2.62. The van der Waals surface area contributed by atoms with Gasteiger partial charge in [-0.2, -0.15) is 0 Å². The van der Waals surface area contributed by atoms with Gasteiger partial charge in [-0.25, -0.2) is 0 Å². The molecule has 5 aliphatic carbocycles. The molecular formula is C30H47NO3. The van der Waals surface area contributed by atoms with Crippen LogP contribution in [0.1, 0.15) is 104 Å². The van der Waals surface area contributed by atoms with Crippen molar-refractivity contribution in [2.45, 2.75) is 116 Å². The summed E-state index contributed by atoms with van der Waals surface area (Å²) in [6, 6.07) is 0.433. The number of fused-ring (bicyclic) bond motifs is 7. The minimum absolute atomic E-state index is 0.0444. The molecule has 0 aromatic rings. The van der Waals surface area contributed by atoms with Gasteiger partial charge in [0.05, 0.1) is 0 Å². The van der Waals surface area contributed by atoms with Crippen LogP contribution in [0.3, 0.4) is 0 Å². The fourth-order valence-electron chi connectivity index (χ4n) is 11.1. The van der Waals surface area contributed by atoms with Crippen LogP contribution in [0.15, 0.2) is 0 Å². The van der Waals surface area contributed by atoms with Gasteiger partial charge in [-0.05, 0) is 117 Å². The van der Waals surface area contributed by atoms with Gasteiger partial charge < -0.3 is 9.64 Å². The Kier molecular flexibility index (Phi) is 5.65. The third-order valence-electron chi connectivity index (χ3n) is 12.8. The molecule has 1 saturated heterocycles. The van der Waals surface area contributed by atoms with Crippen LogP contribution in [0, 0.1) is 52.3 Å². The van der Waals surface area contributed by atoms with E-state index in [9.17, 15) is 9.59 Å². The Bertz CT molecular complexity index is 841. The molecule has 6 aliphatic rings. The van der Waals surface area contributed by atoms with Crippen LogP contribution in [0.4, 0.5) is 0 Å². The summed E-state index contributed by atoms with van der Waals surface area (Å²) in [5.41, 5.74) is 0.580. The number of carbonyl (C=O) groups excluding carboxylic acids is 2. The Morgan fingerprint density at radius 1 is 1.00 bits per heavy atom. The topological polar surface area (TPSA) is 46.6 Å². The summed E-state index contributed by atoms with van der Waals surface area (Å²) in [5, 5.41) is 0. The number of hydrogen-bond donors (Lipinski definition) is 0. The molecule has 190 valence electrons. The van der Waals surface area contributed by atoms with Crippen LogP contribution in [0.25, 0.3) is 0 Å². The third-order valence-corrected chi connectivity index (χ3v) is 12.8. The number of hydrogen-bond acceptors (Lipinski definition) is 3. The lowest BCUT2D eigenvalue weighted by Crippen LogP contribution is -2.61. The normalized spacial score (nSPS) is 50.5. The lowest BCUT2D eigenvalue weighted by molar-refractivity contribution is -0.165. The average molecular weight is 470 g/mol. The third kappa shape index (κ3) is 3.43. The lowest BCUT2D eigenvalue weighted by atomic mass is 9.46. The molecule has 1 aliphatic heterocycles. The molecule has 34 heavy (non-hydrogen) atoms. The van der Waals surface area contributed by atoms with Crippen molar-refractivity contribution in [1.82, 2.24) is 4.90 Å². The van der Waals surface area contributed by atoms with E-state index in [-0.39, 0.29) is 17.5 Å². The second kappa shape index (κ2) is 8.23. The first kappa shape index (κ1) is 23.3. The molecule has 11 atom stereocenters. The highest BCUT2D eigenvalue weighted by molar-refractivity contribution is 5.77. The van der Waals surface area contributed by atoms with Crippen LogP contribution in [-0.4, -0.2) is 36.0 Å². The molecule has 1 amide bonds. The van der Waals surface area contributed by atoms with Crippen molar-refractivity contribution in [3.05, 3.63) is 0 Å². The maximum absolute atomic E-state index is 12.9. The minimum Gasteiger partial charge on any atom is -0.462 e. The number of piperidine rings is 1. The van der Waals surface area contributed by atoms with Crippen molar-refractivity contribution < 1.29 is 14.3 Å². The first-order chi connectivity index (χ1) is 16.2. The van der Waals surface area contributed by atoms with E-state index < -0.39 is 0 Å². The number of amides is 1. The van der Waals surface area contributed by atoms with Crippen LogP contribution < -0.4 is 0 Å². The molecule has 5 saturated carbocycles. The Balaban J connectivity index is 1.12. The predicted molar refractivity (Wildman–Crippen MR) is 133 cm³/mol. The van der Waals surface area contributed by atoms with Gasteiger partial charge in [-0.15, -0.1) is 0 Å². The van der Waals surface area contributed by atoms with Gasteiger partial charge in [0.25, 0.3) is 0 Å². The zero-order valence-electron chi connectivity index (χ0n) is 22.1. The van der Waals surface area contributed by atoms with E-state index in [1.54, 1.807) is 0 Å². The number of ether oxygens (including phenoxy) is 1. The number of carbonyl (C=O) groups is 2. The summed E-state index contributed by atoms with van der Waals surface area (Å²) < 4.78 is 6.20. The van der Waals surface area contributed by atoms with Crippen LogP contribution in [0.5, 0.6) is 0 Å². The van der Waals surface area contributed by atoms with Crippen LogP contribution >= 0.6 is 0 Å².